The zero-order valence-electron chi connectivity index (χ0n) is 11.6. The van der Waals surface area contributed by atoms with Crippen LogP contribution in [0.4, 0.5) is 5.69 Å². The average molecular weight is 275 g/mol. The molecule has 0 spiro atoms. The Morgan fingerprint density at radius 2 is 1.95 bits per heavy atom. The number of hydrogen-bond donors (Lipinski definition) is 2. The van der Waals surface area contributed by atoms with Crippen LogP contribution in [0.15, 0.2) is 24.3 Å². The summed E-state index contributed by atoms with van der Waals surface area (Å²) in [6, 6.07) is 8.36. The van der Waals surface area contributed by atoms with Gasteiger partial charge in [0.1, 0.15) is 5.75 Å². The SMILES string of the molecule is O=C(COc1ccc(N2CCNCC2)cc1)NC1CC1. The molecule has 20 heavy (non-hydrogen) atoms. The summed E-state index contributed by atoms with van der Waals surface area (Å²) >= 11 is 0. The number of nitrogens with one attached hydrogen (secondary N) is 2. The molecule has 1 aliphatic carbocycles. The zero-order valence-corrected chi connectivity index (χ0v) is 11.6. The van der Waals surface area contributed by atoms with Crippen molar-refractivity contribution in [2.75, 3.05) is 37.7 Å². The van der Waals surface area contributed by atoms with Crippen molar-refractivity contribution in [3.63, 3.8) is 0 Å². The van der Waals surface area contributed by atoms with E-state index in [-0.39, 0.29) is 12.5 Å². The molecule has 0 atom stereocenters. The van der Waals surface area contributed by atoms with Crippen LogP contribution < -0.4 is 20.3 Å². The molecule has 2 N–H and O–H groups in total. The lowest BCUT2D eigenvalue weighted by molar-refractivity contribution is -0.123. The molecule has 1 heterocycles. The first kappa shape index (κ1) is 13.2. The van der Waals surface area contributed by atoms with E-state index in [0.717, 1.165) is 44.8 Å². The smallest absolute Gasteiger partial charge is 0.258 e. The molecule has 1 aromatic carbocycles. The van der Waals surface area contributed by atoms with E-state index < -0.39 is 0 Å². The normalized spacial score (nSPS) is 18.7. The summed E-state index contributed by atoms with van der Waals surface area (Å²) in [5, 5.41) is 6.25. The summed E-state index contributed by atoms with van der Waals surface area (Å²) in [4.78, 5) is 13.9. The molecule has 108 valence electrons. The fourth-order valence-electron chi connectivity index (χ4n) is 2.32. The van der Waals surface area contributed by atoms with Gasteiger partial charge in [0.2, 0.25) is 0 Å². The van der Waals surface area contributed by atoms with Gasteiger partial charge in [-0.15, -0.1) is 0 Å². The number of carbonyl (C=O) groups is 1. The number of anilines is 1. The van der Waals surface area contributed by atoms with E-state index in [4.69, 9.17) is 4.74 Å². The van der Waals surface area contributed by atoms with Crippen LogP contribution >= 0.6 is 0 Å². The Morgan fingerprint density at radius 3 is 2.60 bits per heavy atom. The van der Waals surface area contributed by atoms with E-state index in [1.807, 2.05) is 12.1 Å². The number of rotatable bonds is 5. The quantitative estimate of drug-likeness (QED) is 0.833. The minimum atomic E-state index is -0.0290. The van der Waals surface area contributed by atoms with Crippen molar-refractivity contribution in [3.05, 3.63) is 24.3 Å². The fraction of sp³-hybridized carbons (Fsp3) is 0.533. The van der Waals surface area contributed by atoms with E-state index in [2.05, 4.69) is 27.7 Å². The minimum absolute atomic E-state index is 0.0290. The molecule has 3 rings (SSSR count). The van der Waals surface area contributed by atoms with Gasteiger partial charge in [0, 0.05) is 37.9 Å². The second-order valence-electron chi connectivity index (χ2n) is 5.36. The number of nitrogens with zero attached hydrogens (tertiary/aromatic N) is 1. The average Bonchev–Trinajstić information content (AvgIpc) is 3.31. The molecule has 1 aliphatic heterocycles. The van der Waals surface area contributed by atoms with Gasteiger partial charge in [-0.3, -0.25) is 4.79 Å². The second kappa shape index (κ2) is 6.13. The third-order valence-electron chi connectivity index (χ3n) is 3.63. The van der Waals surface area contributed by atoms with Gasteiger partial charge in [-0.05, 0) is 37.1 Å². The molecule has 0 unspecified atom stereocenters. The summed E-state index contributed by atoms with van der Waals surface area (Å²) in [6.45, 7) is 4.22. The van der Waals surface area contributed by atoms with Crippen molar-refractivity contribution in [1.82, 2.24) is 10.6 Å². The molecule has 0 radical (unpaired) electrons. The lowest BCUT2D eigenvalue weighted by Gasteiger charge is -2.29. The summed E-state index contributed by atoms with van der Waals surface area (Å²) in [7, 11) is 0. The van der Waals surface area contributed by atoms with Gasteiger partial charge in [-0.25, -0.2) is 0 Å². The maximum Gasteiger partial charge on any atom is 0.258 e. The van der Waals surface area contributed by atoms with Gasteiger partial charge in [-0.1, -0.05) is 0 Å². The van der Waals surface area contributed by atoms with Gasteiger partial charge in [-0.2, -0.15) is 0 Å². The summed E-state index contributed by atoms with van der Waals surface area (Å²) < 4.78 is 5.50. The zero-order chi connectivity index (χ0) is 13.8. The molecular formula is C15H21N3O2. The molecule has 5 heteroatoms. The van der Waals surface area contributed by atoms with Crippen LogP contribution in [0, 0.1) is 0 Å². The van der Waals surface area contributed by atoms with E-state index in [0.29, 0.717) is 6.04 Å². The molecule has 2 fully saturated rings. The minimum Gasteiger partial charge on any atom is -0.484 e. The lowest BCUT2D eigenvalue weighted by atomic mass is 10.2. The van der Waals surface area contributed by atoms with Crippen molar-refractivity contribution in [2.45, 2.75) is 18.9 Å². The highest BCUT2D eigenvalue weighted by Crippen LogP contribution is 2.20. The predicted molar refractivity (Wildman–Crippen MR) is 78.2 cm³/mol. The van der Waals surface area contributed by atoms with E-state index in [1.165, 1.54) is 5.69 Å². The van der Waals surface area contributed by atoms with E-state index in [1.54, 1.807) is 0 Å². The molecular weight excluding hydrogens is 254 g/mol. The van der Waals surface area contributed by atoms with Gasteiger partial charge < -0.3 is 20.3 Å². The van der Waals surface area contributed by atoms with Gasteiger partial charge in [0.25, 0.3) is 5.91 Å². The van der Waals surface area contributed by atoms with Crippen LogP contribution in [0.3, 0.4) is 0 Å². The Bertz CT molecular complexity index is 451. The Balaban J connectivity index is 1.48. The molecule has 1 saturated carbocycles. The van der Waals surface area contributed by atoms with Crippen LogP contribution in [0.25, 0.3) is 0 Å². The van der Waals surface area contributed by atoms with E-state index in [9.17, 15) is 4.79 Å². The molecule has 2 aliphatic rings. The number of carbonyl (C=O) groups excluding carboxylic acids is 1. The first-order chi connectivity index (χ1) is 9.81. The van der Waals surface area contributed by atoms with Crippen molar-refractivity contribution in [3.8, 4) is 5.75 Å². The molecule has 1 amide bonds. The van der Waals surface area contributed by atoms with Crippen molar-refractivity contribution < 1.29 is 9.53 Å². The number of hydrogen-bond acceptors (Lipinski definition) is 4. The topological polar surface area (TPSA) is 53.6 Å². The second-order valence-corrected chi connectivity index (χ2v) is 5.36. The number of amides is 1. The molecule has 0 bridgehead atoms. The van der Waals surface area contributed by atoms with Crippen LogP contribution in [0.5, 0.6) is 5.75 Å². The molecule has 1 saturated heterocycles. The summed E-state index contributed by atoms with van der Waals surface area (Å²) in [5.74, 6) is 0.716. The predicted octanol–water partition coefficient (Wildman–Crippen LogP) is 0.754. The number of benzene rings is 1. The fourth-order valence-corrected chi connectivity index (χ4v) is 2.32. The summed E-state index contributed by atoms with van der Waals surface area (Å²) in [5.41, 5.74) is 1.21. The maximum absolute atomic E-state index is 11.5. The Hall–Kier alpha value is -1.75. The highest BCUT2D eigenvalue weighted by molar-refractivity contribution is 5.78. The maximum atomic E-state index is 11.5. The van der Waals surface area contributed by atoms with E-state index >= 15 is 0 Å². The van der Waals surface area contributed by atoms with Crippen LogP contribution in [-0.2, 0) is 4.79 Å². The Morgan fingerprint density at radius 1 is 1.25 bits per heavy atom. The molecule has 0 aromatic heterocycles. The largest absolute Gasteiger partial charge is 0.484 e. The lowest BCUT2D eigenvalue weighted by Crippen LogP contribution is -2.43. The van der Waals surface area contributed by atoms with Gasteiger partial charge in [0.05, 0.1) is 0 Å². The summed E-state index contributed by atoms with van der Waals surface area (Å²) in [6.07, 6.45) is 2.20. The third-order valence-corrected chi connectivity index (χ3v) is 3.63. The molecule has 1 aromatic rings. The van der Waals surface area contributed by atoms with Crippen LogP contribution in [0.1, 0.15) is 12.8 Å². The van der Waals surface area contributed by atoms with Gasteiger partial charge in [0.15, 0.2) is 6.61 Å². The van der Waals surface area contributed by atoms with Gasteiger partial charge >= 0.3 is 0 Å². The first-order valence-corrected chi connectivity index (χ1v) is 7.29. The highest BCUT2D eigenvalue weighted by Gasteiger charge is 2.23. The third kappa shape index (κ3) is 3.63. The van der Waals surface area contributed by atoms with Crippen LogP contribution in [0.2, 0.25) is 0 Å². The number of piperazine rings is 1. The standard InChI is InChI=1S/C15H21N3O2/c19-15(17-12-1-2-12)11-20-14-5-3-13(4-6-14)18-9-7-16-8-10-18/h3-6,12,16H,1-2,7-11H2,(H,17,19). The van der Waals surface area contributed by atoms with Crippen molar-refractivity contribution in [1.29, 1.82) is 0 Å². The molecule has 5 nitrogen and oxygen atoms in total. The monoisotopic (exact) mass is 275 g/mol. The van der Waals surface area contributed by atoms with Crippen molar-refractivity contribution in [2.24, 2.45) is 0 Å². The van der Waals surface area contributed by atoms with Crippen LogP contribution in [-0.4, -0.2) is 44.7 Å². The highest BCUT2D eigenvalue weighted by atomic mass is 16.5. The number of ether oxygens (including phenoxy) is 1. The Kier molecular flexibility index (Phi) is 4.06. The van der Waals surface area contributed by atoms with Crippen molar-refractivity contribution >= 4 is 11.6 Å². The first-order valence-electron chi connectivity index (χ1n) is 7.29. The Labute approximate surface area is 119 Å².